The predicted molar refractivity (Wildman–Crippen MR) is 249 cm³/mol. The molecule has 0 bridgehead atoms. The third-order valence-corrected chi connectivity index (χ3v) is 17.4. The number of H-pyrrole nitrogens is 2. The standard InChI is InChI=1S/C35H49N13O25P4/c1-38-18(49)5-4-14-15(68-31(22(14)51)48-13-45(2)21-29(48)43-34(37)44-30(21)54)8-66-75(58,59)72-77(62,63)73-76(60,61)67-10-17-25(26(64-3)33(70-17)47-12-41-20-27(36)39-11-40-28(20)47)71-74(56,57)65-9-16-23(52)24(53)32(69-16)46-7-6-19(50)42-35(46)55/h6-7,11-17,22-26,31-33,51-53H,4-5,8-10H2,1-3H3,(H10-,36,37,38,39,40,42,43,44,49,50,54,55,56,57,58,59,60,61,62,63)/p+1/t14-,15-,16-,17-,22-,23-,24-,25-,26-,31?,32-,33-/m1/s1. The molecule has 5 aromatic heterocycles. The number of imidazole rings is 2. The number of amides is 1. The number of carbonyl (C=O) groups is 1. The summed E-state index contributed by atoms with van der Waals surface area (Å²) < 4.78 is 110. The Kier molecular flexibility index (Phi) is 17.0. The number of phosphoric acid groups is 4. The number of rotatable bonds is 22. The number of aliphatic hydroxyl groups is 3. The van der Waals surface area contributed by atoms with Crippen molar-refractivity contribution >= 4 is 71.3 Å². The Morgan fingerprint density at radius 3 is 2.13 bits per heavy atom. The summed E-state index contributed by atoms with van der Waals surface area (Å²) >= 11 is 0. The number of phosphoric ester groups is 3. The van der Waals surface area contributed by atoms with E-state index in [2.05, 4.69) is 38.9 Å². The lowest BCUT2D eigenvalue weighted by Gasteiger charge is -2.26. The van der Waals surface area contributed by atoms with Crippen LogP contribution in [0.25, 0.3) is 22.3 Å². The number of hydrogen-bond acceptors (Lipinski definition) is 27. The van der Waals surface area contributed by atoms with E-state index in [0.717, 1.165) is 36.6 Å². The second-order valence-corrected chi connectivity index (χ2v) is 23.1. The molecule has 14 N–H and O–H groups in total. The number of nitrogens with two attached hydrogens (primary N) is 2. The molecule has 8 rings (SSSR count). The fourth-order valence-electron chi connectivity index (χ4n) is 8.65. The maximum Gasteiger partial charge on any atom is 0.490 e. The van der Waals surface area contributed by atoms with E-state index in [4.69, 9.17) is 48.5 Å². The number of ether oxygens (including phenoxy) is 4. The molecule has 0 spiro atoms. The van der Waals surface area contributed by atoms with E-state index < -0.39 is 147 Å². The van der Waals surface area contributed by atoms with Crippen LogP contribution in [0.3, 0.4) is 0 Å². The first kappa shape index (κ1) is 58.0. The van der Waals surface area contributed by atoms with Gasteiger partial charge in [-0.2, -0.15) is 8.62 Å². The van der Waals surface area contributed by atoms with Crippen LogP contribution in [0.1, 0.15) is 31.5 Å². The van der Waals surface area contributed by atoms with Gasteiger partial charge in [0, 0.05) is 38.8 Å². The van der Waals surface area contributed by atoms with Gasteiger partial charge in [-0.05, 0) is 6.42 Å². The number of hydrogen-bond donors (Lipinski definition) is 12. The Bertz CT molecular complexity index is 3390. The maximum absolute atomic E-state index is 13.6. The lowest BCUT2D eigenvalue weighted by atomic mass is 9.93. The third kappa shape index (κ3) is 12.7. The van der Waals surface area contributed by atoms with Crippen molar-refractivity contribution in [3.63, 3.8) is 0 Å². The molecular formula is C35H50N13O25P4+. The number of nitrogens with one attached hydrogen (secondary N) is 3. The molecule has 0 saturated carbocycles. The van der Waals surface area contributed by atoms with Gasteiger partial charge in [0.25, 0.3) is 17.1 Å². The van der Waals surface area contributed by atoms with Crippen molar-refractivity contribution in [2.75, 3.05) is 45.4 Å². The van der Waals surface area contributed by atoms with Crippen LogP contribution in [0, 0.1) is 5.92 Å². The molecule has 0 aromatic carbocycles. The molecule has 3 fully saturated rings. The first-order chi connectivity index (χ1) is 36.1. The molecule has 0 radical (unpaired) electrons. The number of aryl methyl sites for hydroxylation is 1. The van der Waals surface area contributed by atoms with Crippen molar-refractivity contribution in [2.24, 2.45) is 13.0 Å². The zero-order valence-corrected chi connectivity index (χ0v) is 43.4. The maximum atomic E-state index is 13.6. The molecule has 5 unspecified atom stereocenters. The molecule has 0 aliphatic carbocycles. The van der Waals surface area contributed by atoms with Crippen LogP contribution in [0.2, 0.25) is 0 Å². The minimum absolute atomic E-state index is 0.000110. The number of fused-ring (bicyclic) bond motifs is 2. The topological polar surface area (TPSA) is 536 Å². The van der Waals surface area contributed by atoms with Gasteiger partial charge in [0.05, 0.1) is 39.3 Å². The fraction of sp³-hybridized carbons (Fsp3) is 0.571. The summed E-state index contributed by atoms with van der Waals surface area (Å²) in [5, 5.41) is 35.1. The summed E-state index contributed by atoms with van der Waals surface area (Å²) in [6, 6.07) is 0.921. The van der Waals surface area contributed by atoms with Crippen molar-refractivity contribution in [1.29, 1.82) is 0 Å². The van der Waals surface area contributed by atoms with Crippen LogP contribution in [0.5, 0.6) is 0 Å². The molecule has 3 saturated heterocycles. The van der Waals surface area contributed by atoms with Gasteiger partial charge in [-0.25, -0.2) is 42.6 Å². The van der Waals surface area contributed by atoms with Gasteiger partial charge in [0.15, 0.2) is 30.2 Å². The highest BCUT2D eigenvalue weighted by Crippen LogP contribution is 2.68. The first-order valence-electron chi connectivity index (χ1n) is 22.2. The van der Waals surface area contributed by atoms with Crippen molar-refractivity contribution < 1.29 is 108 Å². The SMILES string of the molecule is CNC(=O)CC[C@@H]1[C@@H](COP(=O)(O)OP(=O)(O)OP(=O)(O)OC[C@H]2O[C@@H](n3cnc4c(N)ncnc43)[C@H](OC)[C@@H]2OP(=O)(O)OC[C@H]2O[C@@H](n3ccc(=O)[nH]c3=O)[C@H](O)[C@@H]2O)OC([n+]2cn(C)c3c(=O)[nH]c(N)nc32)[C@@H]1O. The Morgan fingerprint density at radius 1 is 0.818 bits per heavy atom. The highest BCUT2D eigenvalue weighted by atomic mass is 31.3. The molecular weight excluding hydrogens is 1130 g/mol. The molecule has 16 atom stereocenters. The fourth-order valence-corrected chi connectivity index (χ4v) is 13.1. The molecule has 38 nitrogen and oxygen atoms in total. The van der Waals surface area contributed by atoms with Crippen LogP contribution in [-0.4, -0.2) is 167 Å². The second-order valence-electron chi connectivity index (χ2n) is 17.1. The molecule has 8 heterocycles. The minimum Gasteiger partial charge on any atom is -0.387 e. The monoisotopic (exact) mass is 1180 g/mol. The zero-order valence-electron chi connectivity index (χ0n) is 39.9. The number of methoxy groups -OCH3 is 1. The Morgan fingerprint density at radius 2 is 1.47 bits per heavy atom. The summed E-state index contributed by atoms with van der Waals surface area (Å²) in [4.78, 5) is 112. The van der Waals surface area contributed by atoms with E-state index in [0.29, 0.717) is 0 Å². The molecule has 42 heteroatoms. The van der Waals surface area contributed by atoms with Gasteiger partial charge in [0.1, 0.15) is 54.6 Å². The van der Waals surface area contributed by atoms with E-state index in [9.17, 15) is 72.3 Å². The largest absolute Gasteiger partial charge is 0.490 e. The van der Waals surface area contributed by atoms with Crippen LogP contribution < -0.4 is 38.2 Å². The number of aliphatic hydroxyl groups excluding tert-OH is 3. The van der Waals surface area contributed by atoms with Crippen molar-refractivity contribution in [3.8, 4) is 0 Å². The Balaban J connectivity index is 0.948. The molecule has 3 aliphatic heterocycles. The van der Waals surface area contributed by atoms with Crippen molar-refractivity contribution in [2.45, 2.75) is 80.4 Å². The number of aromatic nitrogens is 10. The number of carbonyl (C=O) groups excluding carboxylic acids is 1. The predicted octanol–water partition coefficient (Wildman–Crippen LogP) is -4.09. The van der Waals surface area contributed by atoms with Crippen LogP contribution in [0.15, 0.2) is 45.6 Å². The Labute approximate surface area is 428 Å². The summed E-state index contributed by atoms with van der Waals surface area (Å²) in [5.74, 6) is -1.95. The van der Waals surface area contributed by atoms with E-state index in [1.807, 2.05) is 4.98 Å². The lowest BCUT2D eigenvalue weighted by molar-refractivity contribution is -0.745. The van der Waals surface area contributed by atoms with E-state index >= 15 is 0 Å². The van der Waals surface area contributed by atoms with Crippen LogP contribution >= 0.6 is 31.3 Å². The Hall–Kier alpha value is -5.11. The number of anilines is 2. The normalized spacial score (nSPS) is 29.8. The second kappa shape index (κ2) is 22.6. The number of aromatic amines is 2. The summed E-state index contributed by atoms with van der Waals surface area (Å²) in [5.41, 5.74) is 9.20. The third-order valence-electron chi connectivity index (χ3n) is 12.1. The van der Waals surface area contributed by atoms with Gasteiger partial charge >= 0.3 is 42.6 Å². The zero-order chi connectivity index (χ0) is 56.1. The van der Waals surface area contributed by atoms with E-state index in [1.54, 1.807) is 0 Å². The van der Waals surface area contributed by atoms with Crippen molar-refractivity contribution in [1.82, 2.24) is 48.9 Å². The quantitative estimate of drug-likeness (QED) is 0.0231. The number of nitrogen functional groups attached to an aromatic ring is 2. The van der Waals surface area contributed by atoms with Gasteiger partial charge in [-0.15, -0.1) is 0 Å². The first-order valence-corrected chi connectivity index (χ1v) is 28.2. The highest BCUT2D eigenvalue weighted by molar-refractivity contribution is 7.66. The van der Waals surface area contributed by atoms with Crippen LogP contribution in [0.4, 0.5) is 11.8 Å². The average molecular weight is 1180 g/mol. The van der Waals surface area contributed by atoms with Crippen molar-refractivity contribution in [3.05, 3.63) is 62.4 Å². The average Bonchev–Trinajstić information content (AvgIpc) is 4.18. The molecule has 424 valence electrons. The van der Waals surface area contributed by atoms with Gasteiger partial charge < -0.3 is 70.6 Å². The van der Waals surface area contributed by atoms with Gasteiger partial charge in [-0.1, -0.05) is 4.98 Å². The molecule has 5 aromatic rings. The van der Waals surface area contributed by atoms with Crippen LogP contribution in [-0.2, 0) is 75.8 Å². The lowest BCUT2D eigenvalue weighted by Crippen LogP contribution is -2.45. The smallest absolute Gasteiger partial charge is 0.387 e. The van der Waals surface area contributed by atoms with E-state index in [-0.39, 0.29) is 46.9 Å². The van der Waals surface area contributed by atoms with E-state index in [1.165, 1.54) is 34.1 Å². The summed E-state index contributed by atoms with van der Waals surface area (Å²) in [6.07, 6.45) is -14.0. The minimum atomic E-state index is -6.22. The highest BCUT2D eigenvalue weighted by Gasteiger charge is 2.54. The molecule has 3 aliphatic rings. The summed E-state index contributed by atoms with van der Waals surface area (Å²) in [6.45, 7) is -3.31. The van der Waals surface area contributed by atoms with Gasteiger partial charge in [-0.3, -0.25) is 56.1 Å². The summed E-state index contributed by atoms with van der Waals surface area (Å²) in [7, 11) is -19.6. The molecule has 77 heavy (non-hydrogen) atoms. The number of nitrogens with zero attached hydrogens (tertiary/aromatic N) is 8. The van der Waals surface area contributed by atoms with Gasteiger partial charge in [0.2, 0.25) is 17.7 Å². The molecule has 1 amide bonds.